The Hall–Kier alpha value is -0.860. The fourth-order valence-electron chi connectivity index (χ4n) is 1.48. The van der Waals surface area contributed by atoms with Gasteiger partial charge >= 0.3 is 0 Å². The number of likely N-dealkylation sites (tertiary alicyclic amines) is 1. The van der Waals surface area contributed by atoms with Gasteiger partial charge < -0.3 is 9.69 Å². The largest absolute Gasteiger partial charge is 0.343 e. The molecule has 0 aliphatic carbocycles. The SMILES string of the molecule is O=CCCC(=O)N1CCCCC1. The van der Waals surface area contributed by atoms with Crippen LogP contribution in [-0.2, 0) is 9.59 Å². The lowest BCUT2D eigenvalue weighted by molar-refractivity contribution is -0.132. The van der Waals surface area contributed by atoms with Crippen LogP contribution in [0.4, 0.5) is 0 Å². The molecule has 0 bridgehead atoms. The Kier molecular flexibility index (Phi) is 3.77. The first-order chi connectivity index (χ1) is 5.84. The van der Waals surface area contributed by atoms with Gasteiger partial charge in [0.25, 0.3) is 0 Å². The molecule has 1 amide bonds. The number of nitrogens with zero attached hydrogens (tertiary/aromatic N) is 1. The average molecular weight is 169 g/mol. The third-order valence-corrected chi connectivity index (χ3v) is 2.18. The van der Waals surface area contributed by atoms with E-state index in [4.69, 9.17) is 0 Å². The molecule has 0 atom stereocenters. The smallest absolute Gasteiger partial charge is 0.222 e. The molecule has 0 saturated carbocycles. The van der Waals surface area contributed by atoms with Crippen LogP contribution in [0, 0.1) is 0 Å². The second-order valence-corrected chi connectivity index (χ2v) is 3.15. The number of carbonyl (C=O) groups excluding carboxylic acids is 2. The van der Waals surface area contributed by atoms with Crippen LogP contribution in [0.15, 0.2) is 0 Å². The maximum atomic E-state index is 11.3. The summed E-state index contributed by atoms with van der Waals surface area (Å²) in [6.45, 7) is 1.77. The van der Waals surface area contributed by atoms with Crippen molar-refractivity contribution in [1.29, 1.82) is 0 Å². The van der Waals surface area contributed by atoms with Gasteiger partial charge in [0.1, 0.15) is 6.29 Å². The molecule has 1 heterocycles. The monoisotopic (exact) mass is 169 g/mol. The first kappa shape index (κ1) is 9.23. The predicted octanol–water partition coefficient (Wildman–Crippen LogP) is 0.978. The molecule has 0 N–H and O–H groups in total. The van der Waals surface area contributed by atoms with Crippen molar-refractivity contribution in [2.75, 3.05) is 13.1 Å². The minimum atomic E-state index is 0.141. The number of hydrogen-bond acceptors (Lipinski definition) is 2. The van der Waals surface area contributed by atoms with Crippen molar-refractivity contribution in [3.05, 3.63) is 0 Å². The molecular weight excluding hydrogens is 154 g/mol. The van der Waals surface area contributed by atoms with Crippen LogP contribution in [0.25, 0.3) is 0 Å². The van der Waals surface area contributed by atoms with Crippen molar-refractivity contribution in [2.45, 2.75) is 32.1 Å². The molecule has 0 spiro atoms. The molecule has 3 heteroatoms. The zero-order chi connectivity index (χ0) is 8.81. The van der Waals surface area contributed by atoms with Crippen molar-refractivity contribution in [3.63, 3.8) is 0 Å². The van der Waals surface area contributed by atoms with Gasteiger partial charge in [-0.1, -0.05) is 0 Å². The van der Waals surface area contributed by atoms with Gasteiger partial charge in [0.15, 0.2) is 0 Å². The molecule has 1 saturated heterocycles. The lowest BCUT2D eigenvalue weighted by Crippen LogP contribution is -2.35. The third kappa shape index (κ3) is 2.64. The lowest BCUT2D eigenvalue weighted by Gasteiger charge is -2.26. The highest BCUT2D eigenvalue weighted by Gasteiger charge is 2.15. The number of hydrogen-bond donors (Lipinski definition) is 0. The van der Waals surface area contributed by atoms with Crippen molar-refractivity contribution >= 4 is 12.2 Å². The molecule has 1 rings (SSSR count). The fraction of sp³-hybridized carbons (Fsp3) is 0.778. The van der Waals surface area contributed by atoms with Crippen molar-refractivity contribution in [2.24, 2.45) is 0 Å². The number of amides is 1. The first-order valence-electron chi connectivity index (χ1n) is 4.56. The van der Waals surface area contributed by atoms with E-state index in [0.717, 1.165) is 32.2 Å². The second-order valence-electron chi connectivity index (χ2n) is 3.15. The highest BCUT2D eigenvalue weighted by atomic mass is 16.2. The van der Waals surface area contributed by atoms with Crippen molar-refractivity contribution in [3.8, 4) is 0 Å². The fourth-order valence-corrected chi connectivity index (χ4v) is 1.48. The number of aldehydes is 1. The van der Waals surface area contributed by atoms with E-state index >= 15 is 0 Å². The maximum Gasteiger partial charge on any atom is 0.222 e. The van der Waals surface area contributed by atoms with Crippen LogP contribution in [0.3, 0.4) is 0 Å². The Bertz CT molecular complexity index is 162. The van der Waals surface area contributed by atoms with E-state index in [0.29, 0.717) is 12.8 Å². The average Bonchev–Trinajstić information content (AvgIpc) is 2.15. The first-order valence-corrected chi connectivity index (χ1v) is 4.56. The Labute approximate surface area is 72.7 Å². The van der Waals surface area contributed by atoms with Gasteiger partial charge in [-0.15, -0.1) is 0 Å². The third-order valence-electron chi connectivity index (χ3n) is 2.18. The molecule has 1 aliphatic heterocycles. The number of carbonyl (C=O) groups is 2. The zero-order valence-electron chi connectivity index (χ0n) is 7.29. The molecule has 1 aliphatic rings. The summed E-state index contributed by atoms with van der Waals surface area (Å²) in [5.41, 5.74) is 0. The summed E-state index contributed by atoms with van der Waals surface area (Å²) in [6, 6.07) is 0. The van der Waals surface area contributed by atoms with Gasteiger partial charge in [-0.25, -0.2) is 0 Å². The molecule has 1 fully saturated rings. The van der Waals surface area contributed by atoms with E-state index in [1.165, 1.54) is 6.42 Å². The standard InChI is InChI=1S/C9H15NO2/c11-8-4-5-9(12)10-6-2-1-3-7-10/h8H,1-7H2. The Morgan fingerprint density at radius 2 is 1.92 bits per heavy atom. The minimum absolute atomic E-state index is 0.141. The van der Waals surface area contributed by atoms with E-state index < -0.39 is 0 Å². The summed E-state index contributed by atoms with van der Waals surface area (Å²) in [6.07, 6.45) is 5.04. The van der Waals surface area contributed by atoms with Gasteiger partial charge in [-0.3, -0.25) is 4.79 Å². The summed E-state index contributed by atoms with van der Waals surface area (Å²) >= 11 is 0. The molecule has 0 aromatic heterocycles. The molecule has 68 valence electrons. The quantitative estimate of drug-likeness (QED) is 0.590. The van der Waals surface area contributed by atoms with Crippen LogP contribution in [0.1, 0.15) is 32.1 Å². The van der Waals surface area contributed by atoms with Gasteiger partial charge in [0.2, 0.25) is 5.91 Å². The molecule has 3 nitrogen and oxygen atoms in total. The molecular formula is C9H15NO2. The highest BCUT2D eigenvalue weighted by molar-refractivity contribution is 5.78. The molecule has 0 unspecified atom stereocenters. The summed E-state index contributed by atoms with van der Waals surface area (Å²) in [7, 11) is 0. The van der Waals surface area contributed by atoms with Crippen LogP contribution in [0.2, 0.25) is 0 Å². The van der Waals surface area contributed by atoms with Crippen LogP contribution in [0.5, 0.6) is 0 Å². The van der Waals surface area contributed by atoms with Gasteiger partial charge in [-0.2, -0.15) is 0 Å². The minimum Gasteiger partial charge on any atom is -0.343 e. The Morgan fingerprint density at radius 3 is 2.50 bits per heavy atom. The van der Waals surface area contributed by atoms with E-state index in [2.05, 4.69) is 0 Å². The summed E-state index contributed by atoms with van der Waals surface area (Å²) in [4.78, 5) is 23.2. The van der Waals surface area contributed by atoms with E-state index in [1.807, 2.05) is 4.90 Å². The molecule has 0 aromatic rings. The Balaban J connectivity index is 2.24. The van der Waals surface area contributed by atoms with Gasteiger partial charge in [0, 0.05) is 25.9 Å². The summed E-state index contributed by atoms with van der Waals surface area (Å²) in [5, 5.41) is 0. The summed E-state index contributed by atoms with van der Waals surface area (Å²) in [5.74, 6) is 0.141. The molecule has 0 radical (unpaired) electrons. The van der Waals surface area contributed by atoms with E-state index in [-0.39, 0.29) is 5.91 Å². The second kappa shape index (κ2) is 4.91. The van der Waals surface area contributed by atoms with Crippen LogP contribution < -0.4 is 0 Å². The molecule has 12 heavy (non-hydrogen) atoms. The van der Waals surface area contributed by atoms with E-state index in [1.54, 1.807) is 0 Å². The highest BCUT2D eigenvalue weighted by Crippen LogP contribution is 2.09. The predicted molar refractivity (Wildman–Crippen MR) is 45.7 cm³/mol. The van der Waals surface area contributed by atoms with Crippen LogP contribution >= 0.6 is 0 Å². The zero-order valence-corrected chi connectivity index (χ0v) is 7.29. The maximum absolute atomic E-state index is 11.3. The van der Waals surface area contributed by atoms with Crippen molar-refractivity contribution < 1.29 is 9.59 Å². The van der Waals surface area contributed by atoms with Crippen molar-refractivity contribution in [1.82, 2.24) is 4.90 Å². The Morgan fingerprint density at radius 1 is 1.25 bits per heavy atom. The number of piperidine rings is 1. The molecule has 0 aromatic carbocycles. The normalized spacial score (nSPS) is 17.5. The van der Waals surface area contributed by atoms with Gasteiger partial charge in [-0.05, 0) is 19.3 Å². The summed E-state index contributed by atoms with van der Waals surface area (Å²) < 4.78 is 0. The van der Waals surface area contributed by atoms with Gasteiger partial charge in [0.05, 0.1) is 0 Å². The topological polar surface area (TPSA) is 37.4 Å². The number of rotatable bonds is 3. The van der Waals surface area contributed by atoms with Crippen LogP contribution in [-0.4, -0.2) is 30.2 Å². The van der Waals surface area contributed by atoms with E-state index in [9.17, 15) is 9.59 Å². The lowest BCUT2D eigenvalue weighted by atomic mass is 10.1.